The summed E-state index contributed by atoms with van der Waals surface area (Å²) in [5.41, 5.74) is 1.74. The first-order valence-electron chi connectivity index (χ1n) is 11.0. The van der Waals surface area contributed by atoms with Crippen LogP contribution in [0.25, 0.3) is 11.0 Å². The molecule has 0 saturated heterocycles. The van der Waals surface area contributed by atoms with E-state index in [1.807, 2.05) is 24.3 Å². The number of imidazole rings is 1. The molecule has 10 heteroatoms. The Balaban J connectivity index is 1.43. The highest BCUT2D eigenvalue weighted by Crippen LogP contribution is 2.17. The van der Waals surface area contributed by atoms with E-state index >= 15 is 0 Å². The number of benzene rings is 2. The molecular weight excluding hydrogens is 442 g/mol. The minimum absolute atomic E-state index is 0.0533. The minimum Gasteiger partial charge on any atom is -0.326 e. The summed E-state index contributed by atoms with van der Waals surface area (Å²) < 4.78 is 31.2. The van der Waals surface area contributed by atoms with Gasteiger partial charge in [-0.05, 0) is 43.2 Å². The Morgan fingerprint density at radius 3 is 2.67 bits per heavy atom. The lowest BCUT2D eigenvalue weighted by Gasteiger charge is -2.11. The number of amidine groups is 1. The average Bonchev–Trinajstić information content (AvgIpc) is 2.95. The van der Waals surface area contributed by atoms with Crippen LogP contribution in [0, 0.1) is 0 Å². The molecule has 1 aliphatic heterocycles. The Morgan fingerprint density at radius 1 is 1.06 bits per heavy atom. The standard InChI is InChI=1S/C23H27N5O4S/c1-27-19-10-4-5-11-20(19)28(23(27)30)15-13-22(29)25-17-8-7-9-18(16-17)33(31,32)26-21-12-3-2-6-14-24-21/h4-5,7-11,16H,2-3,6,12-15H2,1H3,(H,24,26)(H,25,29). The summed E-state index contributed by atoms with van der Waals surface area (Å²) in [5.74, 6) is 0.160. The first kappa shape index (κ1) is 22.8. The van der Waals surface area contributed by atoms with Gasteiger partial charge in [0.1, 0.15) is 5.84 Å². The van der Waals surface area contributed by atoms with Crippen LogP contribution in [-0.2, 0) is 28.4 Å². The molecule has 1 aromatic heterocycles. The predicted molar refractivity (Wildman–Crippen MR) is 128 cm³/mol. The molecule has 2 heterocycles. The number of carbonyl (C=O) groups excluding carboxylic acids is 1. The van der Waals surface area contributed by atoms with Gasteiger partial charge in [-0.25, -0.2) is 13.2 Å². The summed E-state index contributed by atoms with van der Waals surface area (Å²) in [7, 11) is -2.10. The summed E-state index contributed by atoms with van der Waals surface area (Å²) in [5, 5.41) is 2.73. The molecule has 0 bridgehead atoms. The molecule has 174 valence electrons. The Morgan fingerprint density at radius 2 is 1.85 bits per heavy atom. The average molecular weight is 470 g/mol. The maximum Gasteiger partial charge on any atom is 0.328 e. The van der Waals surface area contributed by atoms with E-state index in [0.717, 1.165) is 30.3 Å². The molecule has 1 aliphatic rings. The summed E-state index contributed by atoms with van der Waals surface area (Å²) in [6, 6.07) is 13.5. The number of aromatic nitrogens is 2. The summed E-state index contributed by atoms with van der Waals surface area (Å²) >= 11 is 0. The van der Waals surface area contributed by atoms with Gasteiger partial charge in [0.25, 0.3) is 10.0 Å². The van der Waals surface area contributed by atoms with E-state index in [-0.39, 0.29) is 29.5 Å². The number of fused-ring (bicyclic) bond motifs is 1. The molecule has 33 heavy (non-hydrogen) atoms. The Kier molecular flexibility index (Phi) is 6.64. The zero-order chi connectivity index (χ0) is 23.4. The number of nitrogens with one attached hydrogen (secondary N) is 2. The Bertz CT molecular complexity index is 1370. The summed E-state index contributed by atoms with van der Waals surface area (Å²) in [6.45, 7) is 0.832. The number of hydrogen-bond donors (Lipinski definition) is 2. The quantitative estimate of drug-likeness (QED) is 0.577. The van der Waals surface area contributed by atoms with E-state index in [1.54, 1.807) is 28.3 Å². The number of carbonyl (C=O) groups is 1. The van der Waals surface area contributed by atoms with Gasteiger partial charge in [0.15, 0.2) is 0 Å². The van der Waals surface area contributed by atoms with Crippen LogP contribution in [-0.4, -0.2) is 35.8 Å². The van der Waals surface area contributed by atoms with Gasteiger partial charge < -0.3 is 5.32 Å². The molecule has 9 nitrogen and oxygen atoms in total. The number of nitrogens with zero attached hydrogens (tertiary/aromatic N) is 3. The fourth-order valence-corrected chi connectivity index (χ4v) is 5.06. The van der Waals surface area contributed by atoms with Gasteiger partial charge in [-0.1, -0.05) is 24.6 Å². The van der Waals surface area contributed by atoms with E-state index in [2.05, 4.69) is 15.0 Å². The molecule has 2 aromatic carbocycles. The maximum atomic E-state index is 12.8. The first-order valence-corrected chi connectivity index (χ1v) is 12.4. The lowest BCUT2D eigenvalue weighted by atomic mass is 10.2. The van der Waals surface area contributed by atoms with Gasteiger partial charge in [-0.2, -0.15) is 0 Å². The van der Waals surface area contributed by atoms with E-state index in [9.17, 15) is 18.0 Å². The van der Waals surface area contributed by atoms with Gasteiger partial charge in [-0.15, -0.1) is 0 Å². The van der Waals surface area contributed by atoms with Crippen LogP contribution < -0.4 is 15.7 Å². The second kappa shape index (κ2) is 9.62. The predicted octanol–water partition coefficient (Wildman–Crippen LogP) is 2.62. The lowest BCUT2D eigenvalue weighted by Crippen LogP contribution is -2.30. The molecule has 4 rings (SSSR count). The van der Waals surface area contributed by atoms with Crippen LogP contribution in [0.15, 0.2) is 63.2 Å². The zero-order valence-electron chi connectivity index (χ0n) is 18.5. The van der Waals surface area contributed by atoms with Crippen molar-refractivity contribution in [3.8, 4) is 0 Å². The molecule has 0 saturated carbocycles. The van der Waals surface area contributed by atoms with Gasteiger partial charge in [0, 0.05) is 38.7 Å². The maximum absolute atomic E-state index is 12.8. The van der Waals surface area contributed by atoms with Crippen LogP contribution >= 0.6 is 0 Å². The molecule has 0 aliphatic carbocycles. The van der Waals surface area contributed by atoms with Gasteiger partial charge >= 0.3 is 5.69 Å². The third-order valence-electron chi connectivity index (χ3n) is 5.67. The topological polar surface area (TPSA) is 115 Å². The number of para-hydroxylation sites is 2. The molecule has 0 radical (unpaired) electrons. The number of aliphatic imine (C=N–C) groups is 1. The third kappa shape index (κ3) is 5.16. The third-order valence-corrected chi connectivity index (χ3v) is 7.05. The van der Waals surface area contributed by atoms with Gasteiger partial charge in [-0.3, -0.25) is 23.6 Å². The van der Waals surface area contributed by atoms with E-state index < -0.39 is 10.0 Å². The fraction of sp³-hybridized carbons (Fsp3) is 0.348. The van der Waals surface area contributed by atoms with E-state index in [4.69, 9.17) is 0 Å². The van der Waals surface area contributed by atoms with Crippen LogP contribution in [0.2, 0.25) is 0 Å². The molecule has 0 unspecified atom stereocenters. The molecule has 0 spiro atoms. The van der Waals surface area contributed by atoms with Crippen molar-refractivity contribution in [3.63, 3.8) is 0 Å². The molecule has 0 fully saturated rings. The normalized spacial score (nSPS) is 14.5. The van der Waals surface area contributed by atoms with Crippen molar-refractivity contribution in [3.05, 3.63) is 59.0 Å². The number of amides is 1. The molecule has 1 amide bonds. The Hall–Kier alpha value is -3.40. The summed E-state index contributed by atoms with van der Waals surface area (Å²) in [4.78, 5) is 29.4. The van der Waals surface area contributed by atoms with Crippen LogP contribution in [0.4, 0.5) is 5.69 Å². The lowest BCUT2D eigenvalue weighted by molar-refractivity contribution is -0.116. The monoisotopic (exact) mass is 469 g/mol. The molecule has 0 atom stereocenters. The minimum atomic E-state index is -3.80. The van der Waals surface area contributed by atoms with Crippen LogP contribution in [0.1, 0.15) is 32.1 Å². The van der Waals surface area contributed by atoms with Crippen molar-refractivity contribution in [2.45, 2.75) is 43.5 Å². The SMILES string of the molecule is Cn1c(=O)n(CCC(=O)Nc2cccc(S(=O)(=O)NC3=NCCCCC3)c2)c2ccccc21. The second-order valence-corrected chi connectivity index (χ2v) is 9.73. The van der Waals surface area contributed by atoms with Gasteiger partial charge in [0.2, 0.25) is 5.91 Å². The van der Waals surface area contributed by atoms with Crippen molar-refractivity contribution >= 4 is 38.5 Å². The highest BCUT2D eigenvalue weighted by Gasteiger charge is 2.18. The molecular formula is C23H27N5O4S. The van der Waals surface area contributed by atoms with Crippen molar-refractivity contribution in [1.29, 1.82) is 0 Å². The van der Waals surface area contributed by atoms with Crippen molar-refractivity contribution in [2.24, 2.45) is 12.0 Å². The highest BCUT2D eigenvalue weighted by atomic mass is 32.2. The van der Waals surface area contributed by atoms with Crippen molar-refractivity contribution < 1.29 is 13.2 Å². The summed E-state index contributed by atoms with van der Waals surface area (Å²) in [6.07, 6.45) is 3.55. The zero-order valence-corrected chi connectivity index (χ0v) is 19.3. The number of sulfonamides is 1. The number of hydrogen-bond acceptors (Lipinski definition) is 5. The highest BCUT2D eigenvalue weighted by molar-refractivity contribution is 7.90. The largest absolute Gasteiger partial charge is 0.328 e. The van der Waals surface area contributed by atoms with Crippen LogP contribution in [0.3, 0.4) is 0 Å². The van der Waals surface area contributed by atoms with E-state index in [1.165, 1.54) is 12.1 Å². The first-order chi connectivity index (χ1) is 15.8. The smallest absolute Gasteiger partial charge is 0.326 e. The number of rotatable bonds is 6. The van der Waals surface area contributed by atoms with Crippen molar-refractivity contribution in [2.75, 3.05) is 11.9 Å². The number of aryl methyl sites for hydroxylation is 2. The van der Waals surface area contributed by atoms with Crippen molar-refractivity contribution in [1.82, 2.24) is 13.9 Å². The van der Waals surface area contributed by atoms with Gasteiger partial charge in [0.05, 0.1) is 15.9 Å². The number of anilines is 1. The second-order valence-electron chi connectivity index (χ2n) is 8.05. The molecule has 3 aromatic rings. The molecule has 2 N–H and O–H groups in total. The fourth-order valence-electron chi connectivity index (χ4n) is 3.93. The Labute approximate surface area is 192 Å². The van der Waals surface area contributed by atoms with E-state index in [0.29, 0.717) is 24.5 Å². The van der Waals surface area contributed by atoms with Crippen LogP contribution in [0.5, 0.6) is 0 Å².